The molecule has 5 rings (SSSR count). The lowest BCUT2D eigenvalue weighted by atomic mass is 9.98. The van der Waals surface area contributed by atoms with Crippen molar-refractivity contribution < 1.29 is 13.9 Å². The molecule has 0 aliphatic carbocycles. The number of aromatic nitrogens is 1. The second-order valence-corrected chi connectivity index (χ2v) is 8.28. The van der Waals surface area contributed by atoms with Crippen molar-refractivity contribution in [3.8, 4) is 5.75 Å². The van der Waals surface area contributed by atoms with Crippen LogP contribution in [0, 0.1) is 5.82 Å². The number of ether oxygens (including phenoxy) is 1. The fraction of sp³-hybridized carbons (Fsp3) is 0.148. The lowest BCUT2D eigenvalue weighted by Gasteiger charge is -2.23. The second kappa shape index (κ2) is 9.23. The normalized spacial score (nSPS) is 15.4. The zero-order valence-electron chi connectivity index (χ0n) is 18.4. The van der Waals surface area contributed by atoms with Gasteiger partial charge < -0.3 is 4.74 Å². The Balaban J connectivity index is 1.59. The van der Waals surface area contributed by atoms with Crippen LogP contribution in [0.3, 0.4) is 0 Å². The van der Waals surface area contributed by atoms with Gasteiger partial charge in [0.1, 0.15) is 16.7 Å². The summed E-state index contributed by atoms with van der Waals surface area (Å²) in [6.07, 6.45) is 0.425. The fourth-order valence-electron chi connectivity index (χ4n) is 4.13. The van der Waals surface area contributed by atoms with E-state index in [-0.39, 0.29) is 10.7 Å². The topological polar surface area (TPSA) is 54.8 Å². The number of pyridine rings is 1. The number of fused-ring (bicyclic) bond motifs is 1. The van der Waals surface area contributed by atoms with Crippen molar-refractivity contribution in [2.24, 2.45) is 5.10 Å². The molecule has 0 N–H and O–H groups in total. The summed E-state index contributed by atoms with van der Waals surface area (Å²) in [5.41, 5.74) is 2.91. The average molecular weight is 474 g/mol. The van der Waals surface area contributed by atoms with E-state index in [2.05, 4.69) is 10.1 Å². The van der Waals surface area contributed by atoms with Crippen LogP contribution in [-0.4, -0.2) is 28.2 Å². The quantitative estimate of drug-likeness (QED) is 0.314. The van der Waals surface area contributed by atoms with E-state index in [1.807, 2.05) is 61.5 Å². The first-order valence-electron chi connectivity index (χ1n) is 11.0. The lowest BCUT2D eigenvalue weighted by Crippen LogP contribution is -2.28. The maximum absolute atomic E-state index is 14.5. The van der Waals surface area contributed by atoms with Crippen molar-refractivity contribution in [1.29, 1.82) is 0 Å². The first-order valence-corrected chi connectivity index (χ1v) is 11.4. The summed E-state index contributed by atoms with van der Waals surface area (Å²) in [7, 11) is 0. The van der Waals surface area contributed by atoms with Crippen LogP contribution < -0.4 is 4.74 Å². The predicted octanol–water partition coefficient (Wildman–Crippen LogP) is 6.42. The average Bonchev–Trinajstić information content (AvgIpc) is 3.29. The van der Waals surface area contributed by atoms with Crippen LogP contribution in [0.2, 0.25) is 5.15 Å². The molecule has 7 heteroatoms. The molecule has 1 aliphatic rings. The van der Waals surface area contributed by atoms with E-state index in [0.29, 0.717) is 29.9 Å². The van der Waals surface area contributed by atoms with Crippen LogP contribution in [0.25, 0.3) is 10.9 Å². The lowest BCUT2D eigenvalue weighted by molar-refractivity contribution is 0.0706. The van der Waals surface area contributed by atoms with Crippen molar-refractivity contribution >= 4 is 34.1 Å². The minimum absolute atomic E-state index is 0.0446. The summed E-state index contributed by atoms with van der Waals surface area (Å²) in [4.78, 5) is 18.0. The van der Waals surface area contributed by atoms with Gasteiger partial charge in [-0.05, 0) is 42.8 Å². The predicted molar refractivity (Wildman–Crippen MR) is 131 cm³/mol. The minimum Gasteiger partial charge on any atom is -0.494 e. The Kier molecular flexibility index (Phi) is 5.99. The van der Waals surface area contributed by atoms with Gasteiger partial charge in [-0.3, -0.25) is 4.79 Å². The van der Waals surface area contributed by atoms with Gasteiger partial charge in [-0.15, -0.1) is 0 Å². The SMILES string of the molecule is CCOc1ccc2cc([C@H]3CC(c4ccccc4)=NN3C(=O)c3ccccc3F)c(Cl)nc2c1. The monoisotopic (exact) mass is 473 g/mol. The van der Waals surface area contributed by atoms with Gasteiger partial charge >= 0.3 is 0 Å². The van der Waals surface area contributed by atoms with Gasteiger partial charge in [0.2, 0.25) is 0 Å². The van der Waals surface area contributed by atoms with Gasteiger partial charge in [0.15, 0.2) is 0 Å². The summed E-state index contributed by atoms with van der Waals surface area (Å²) in [5.74, 6) is -0.420. The highest BCUT2D eigenvalue weighted by atomic mass is 35.5. The van der Waals surface area contributed by atoms with E-state index in [9.17, 15) is 9.18 Å². The zero-order chi connectivity index (χ0) is 23.7. The highest BCUT2D eigenvalue weighted by Crippen LogP contribution is 2.38. The molecule has 4 aromatic rings. The Morgan fingerprint density at radius 1 is 1.09 bits per heavy atom. The molecule has 5 nitrogen and oxygen atoms in total. The van der Waals surface area contributed by atoms with Crippen molar-refractivity contribution in [3.63, 3.8) is 0 Å². The smallest absolute Gasteiger partial charge is 0.277 e. The standard InChI is InChI=1S/C27H21ClFN3O2/c1-2-34-19-13-12-18-14-21(26(28)30-23(18)15-19)25-16-24(17-8-4-3-5-9-17)31-32(25)27(33)20-10-6-7-11-22(20)29/h3-15,25H,2,16H2,1H3/t25-/m1/s1. The molecule has 0 radical (unpaired) electrons. The number of hydrazone groups is 1. The van der Waals surface area contributed by atoms with Gasteiger partial charge in [0.05, 0.1) is 29.4 Å². The van der Waals surface area contributed by atoms with Crippen LogP contribution in [0.15, 0.2) is 84.0 Å². The maximum atomic E-state index is 14.5. The molecule has 2 heterocycles. The van der Waals surface area contributed by atoms with E-state index in [1.165, 1.54) is 17.1 Å². The molecule has 0 unspecified atom stereocenters. The molecule has 0 fully saturated rings. The number of benzene rings is 3. The van der Waals surface area contributed by atoms with Crippen LogP contribution >= 0.6 is 11.6 Å². The molecule has 0 saturated carbocycles. The van der Waals surface area contributed by atoms with E-state index < -0.39 is 17.8 Å². The van der Waals surface area contributed by atoms with Gasteiger partial charge in [0, 0.05) is 23.4 Å². The van der Waals surface area contributed by atoms with Crippen molar-refractivity contribution in [3.05, 3.63) is 107 Å². The van der Waals surface area contributed by atoms with Crippen LogP contribution in [0.5, 0.6) is 5.75 Å². The Bertz CT molecular complexity index is 1410. The highest BCUT2D eigenvalue weighted by Gasteiger charge is 2.36. The molecule has 0 saturated heterocycles. The molecule has 1 atom stereocenters. The van der Waals surface area contributed by atoms with E-state index in [0.717, 1.165) is 16.7 Å². The van der Waals surface area contributed by atoms with Crippen molar-refractivity contribution in [2.45, 2.75) is 19.4 Å². The molecule has 0 spiro atoms. The molecule has 1 aromatic heterocycles. The summed E-state index contributed by atoms with van der Waals surface area (Å²) < 4.78 is 20.1. The van der Waals surface area contributed by atoms with E-state index >= 15 is 0 Å². The number of amides is 1. The largest absolute Gasteiger partial charge is 0.494 e. The van der Waals surface area contributed by atoms with Gasteiger partial charge in [-0.25, -0.2) is 14.4 Å². The Labute approximate surface area is 201 Å². The zero-order valence-corrected chi connectivity index (χ0v) is 19.2. The molecule has 0 bridgehead atoms. The number of carbonyl (C=O) groups is 1. The molecule has 1 amide bonds. The van der Waals surface area contributed by atoms with Gasteiger partial charge in [-0.1, -0.05) is 54.1 Å². The molecule has 34 heavy (non-hydrogen) atoms. The molecule has 1 aliphatic heterocycles. The fourth-order valence-corrected chi connectivity index (χ4v) is 4.40. The number of nitrogens with zero attached hydrogens (tertiary/aromatic N) is 3. The highest BCUT2D eigenvalue weighted by molar-refractivity contribution is 6.30. The number of hydrogen-bond donors (Lipinski definition) is 0. The summed E-state index contributed by atoms with van der Waals surface area (Å²) in [6, 6.07) is 22.5. The molecular weight excluding hydrogens is 453 g/mol. The minimum atomic E-state index is -0.596. The van der Waals surface area contributed by atoms with E-state index in [1.54, 1.807) is 12.1 Å². The Morgan fingerprint density at radius 3 is 2.62 bits per heavy atom. The Morgan fingerprint density at radius 2 is 1.85 bits per heavy atom. The third-order valence-corrected chi connectivity index (χ3v) is 6.07. The number of halogens is 2. The van der Waals surface area contributed by atoms with Crippen LogP contribution in [0.4, 0.5) is 4.39 Å². The third kappa shape index (κ3) is 4.13. The van der Waals surface area contributed by atoms with Crippen LogP contribution in [0.1, 0.15) is 40.9 Å². The van der Waals surface area contributed by atoms with E-state index in [4.69, 9.17) is 16.3 Å². The number of carbonyl (C=O) groups excluding carboxylic acids is 1. The first kappa shape index (κ1) is 22.0. The summed E-state index contributed by atoms with van der Waals surface area (Å²) >= 11 is 6.64. The maximum Gasteiger partial charge on any atom is 0.277 e. The Hall–Kier alpha value is -3.77. The van der Waals surface area contributed by atoms with Gasteiger partial charge in [-0.2, -0.15) is 5.10 Å². The van der Waals surface area contributed by atoms with Crippen molar-refractivity contribution in [1.82, 2.24) is 9.99 Å². The first-order chi connectivity index (χ1) is 16.5. The van der Waals surface area contributed by atoms with Gasteiger partial charge in [0.25, 0.3) is 5.91 Å². The molecule has 170 valence electrons. The third-order valence-electron chi connectivity index (χ3n) is 5.77. The molecular formula is C27H21ClFN3O2. The van der Waals surface area contributed by atoms with Crippen LogP contribution in [-0.2, 0) is 0 Å². The molecule has 3 aromatic carbocycles. The number of rotatable bonds is 5. The number of hydrogen-bond acceptors (Lipinski definition) is 4. The second-order valence-electron chi connectivity index (χ2n) is 7.92. The van der Waals surface area contributed by atoms with Crippen molar-refractivity contribution in [2.75, 3.05) is 6.61 Å². The summed E-state index contributed by atoms with van der Waals surface area (Å²) in [5, 5.41) is 7.07. The summed E-state index contributed by atoms with van der Waals surface area (Å²) in [6.45, 7) is 2.46.